The normalized spacial score (nSPS) is 27.9. The Balaban J connectivity index is 1.10. The molecule has 18 heteroatoms. The van der Waals surface area contributed by atoms with E-state index < -0.39 is 108 Å². The van der Waals surface area contributed by atoms with Gasteiger partial charge in [0.15, 0.2) is 18.4 Å². The number of likely N-dealkylation sites (N-methyl/N-ethyl adjacent to an activating group) is 1. The van der Waals surface area contributed by atoms with Gasteiger partial charge in [0.2, 0.25) is 11.8 Å². The number of ether oxygens (including phenoxy) is 5. The first kappa shape index (κ1) is 46.6. The fraction of sp³-hybridized carbons (Fsp3) is 0.596. The molecule has 6 fully saturated rings. The molecule has 65 heavy (non-hydrogen) atoms. The van der Waals surface area contributed by atoms with Crippen LogP contribution in [0.25, 0.3) is 6.08 Å². The van der Waals surface area contributed by atoms with Crippen molar-refractivity contribution in [1.29, 1.82) is 0 Å². The second kappa shape index (κ2) is 18.1. The molecule has 2 aromatic rings. The molecule has 8 rings (SSSR count). The van der Waals surface area contributed by atoms with E-state index in [0.717, 1.165) is 37.3 Å². The number of fused-ring (bicyclic) bond motifs is 4. The zero-order valence-electron chi connectivity index (χ0n) is 36.8. The van der Waals surface area contributed by atoms with E-state index in [1.54, 1.807) is 45.0 Å². The van der Waals surface area contributed by atoms with Crippen LogP contribution in [0.15, 0.2) is 60.7 Å². The van der Waals surface area contributed by atoms with Crippen molar-refractivity contribution in [2.24, 2.45) is 17.3 Å². The van der Waals surface area contributed by atoms with Crippen molar-refractivity contribution in [1.82, 2.24) is 15.3 Å². The molecular formula is C47H56F3N3O12. The molecule has 0 spiro atoms. The number of nitrogens with zero attached hydrogens (tertiary/aromatic N) is 2. The van der Waals surface area contributed by atoms with Gasteiger partial charge in [0.05, 0.1) is 19.2 Å². The second-order valence-electron chi connectivity index (χ2n) is 19.1. The Morgan fingerprint density at radius 1 is 0.985 bits per heavy atom. The number of hydrogen-bond donors (Lipinski definition) is 2. The van der Waals surface area contributed by atoms with Crippen molar-refractivity contribution in [2.75, 3.05) is 20.3 Å². The molecular weight excluding hydrogens is 856 g/mol. The molecule has 0 radical (unpaired) electrons. The monoisotopic (exact) mass is 911 g/mol. The van der Waals surface area contributed by atoms with Crippen molar-refractivity contribution in [2.45, 2.75) is 139 Å². The van der Waals surface area contributed by atoms with E-state index in [2.05, 4.69) is 10.1 Å². The zero-order valence-corrected chi connectivity index (χ0v) is 36.8. The van der Waals surface area contributed by atoms with Crippen LogP contribution in [0.5, 0.6) is 0 Å². The maximum Gasteiger partial charge on any atom is 0.422 e. The summed E-state index contributed by atoms with van der Waals surface area (Å²) in [6.45, 7) is 2.93. The number of hydrogen-bond acceptors (Lipinski definition) is 13. The summed E-state index contributed by atoms with van der Waals surface area (Å²) in [5.74, 6) is -4.21. The molecule has 2 N–H and O–H groups in total. The first-order chi connectivity index (χ1) is 30.8. The number of hydroxylamine groups is 2. The minimum absolute atomic E-state index is 0.00132. The number of nitrogens with one attached hydrogen (secondary N) is 1. The summed E-state index contributed by atoms with van der Waals surface area (Å²) in [6.07, 6.45) is -2.35. The van der Waals surface area contributed by atoms with Crippen molar-refractivity contribution < 1.29 is 70.8 Å². The number of esters is 3. The average Bonchev–Trinajstić information content (AvgIpc) is 4.21. The van der Waals surface area contributed by atoms with Crippen LogP contribution in [-0.2, 0) is 65.5 Å². The fourth-order valence-corrected chi connectivity index (χ4v) is 9.89. The van der Waals surface area contributed by atoms with Gasteiger partial charge >= 0.3 is 24.1 Å². The summed E-state index contributed by atoms with van der Waals surface area (Å²) in [6, 6.07) is 12.4. The molecule has 3 saturated heterocycles. The van der Waals surface area contributed by atoms with E-state index in [-0.39, 0.29) is 44.1 Å². The minimum Gasteiger partial charge on any atom is -0.460 e. The van der Waals surface area contributed by atoms with Gasteiger partial charge in [0.1, 0.15) is 41.5 Å². The number of rotatable bonds is 17. The number of carbonyl (C=O) groups excluding carboxylic acids is 5. The van der Waals surface area contributed by atoms with E-state index in [4.69, 9.17) is 23.8 Å². The summed E-state index contributed by atoms with van der Waals surface area (Å²) in [7, 11) is 1.50. The van der Waals surface area contributed by atoms with Crippen molar-refractivity contribution in [3.05, 3.63) is 77.4 Å². The molecule has 2 bridgehead atoms. The second-order valence-corrected chi connectivity index (χ2v) is 19.1. The molecule has 3 saturated carbocycles. The van der Waals surface area contributed by atoms with Crippen LogP contribution in [-0.4, -0.2) is 125 Å². The Morgan fingerprint density at radius 2 is 1.66 bits per heavy atom. The van der Waals surface area contributed by atoms with Crippen LogP contribution in [0.4, 0.5) is 13.2 Å². The maximum absolute atomic E-state index is 15.7. The number of halogens is 3. The fourth-order valence-electron chi connectivity index (χ4n) is 9.89. The summed E-state index contributed by atoms with van der Waals surface area (Å²) in [5, 5.41) is 14.6. The SMILES string of the molecule is CN(C(=O)[C@@]12C[C@H]3OC(=O)[C@@H]1N(Cc1cccc(C=CC(=O)OCC(F)(F)F)c1)O[C@@H]2[C@H]1OC(C2CC2)(C2CC2)O[C@H]13)[C@H](Cc1ccccc1)C(=O)N[C@H](CO)CCC(=O)OC(C)(C)C. The van der Waals surface area contributed by atoms with Gasteiger partial charge in [-0.1, -0.05) is 54.6 Å². The minimum atomic E-state index is -4.68. The van der Waals surface area contributed by atoms with Crippen LogP contribution >= 0.6 is 0 Å². The lowest BCUT2D eigenvalue weighted by Gasteiger charge is -2.50. The van der Waals surface area contributed by atoms with Gasteiger partial charge in [-0.3, -0.25) is 24.0 Å². The van der Waals surface area contributed by atoms with Crippen molar-refractivity contribution in [3.8, 4) is 0 Å². The van der Waals surface area contributed by atoms with Gasteiger partial charge < -0.3 is 39.0 Å². The van der Waals surface area contributed by atoms with E-state index in [0.29, 0.717) is 11.1 Å². The Hall–Kier alpha value is -4.88. The van der Waals surface area contributed by atoms with Gasteiger partial charge in [-0.15, -0.1) is 0 Å². The van der Waals surface area contributed by atoms with Crippen LogP contribution in [0.2, 0.25) is 0 Å². The smallest absolute Gasteiger partial charge is 0.422 e. The highest BCUT2D eigenvalue weighted by Gasteiger charge is 2.78. The standard InChI is InChI=1S/C47H56F3N3O12/c1-44(2,3)62-36(56)20-18-32(25-54)51-41(57)33(22-27-9-6-5-7-10-27)52(4)43(59)45-23-34-37-38(64-47(63-37,30-14-15-30)31-16-17-31)40(45)65-53(39(45)42(58)61-34)24-29-12-8-11-28(21-29)13-19-35(55)60-26-46(48,49)50/h5-13,19,21,30-34,37-40,54H,14-18,20,22-26H2,1-4H3,(H,51,57)/t32-,33+,34+,37-,38-,39-,40+,45-/m0/s1. The van der Waals surface area contributed by atoms with Crippen LogP contribution in [0.1, 0.15) is 82.4 Å². The highest BCUT2D eigenvalue weighted by Crippen LogP contribution is 2.64. The van der Waals surface area contributed by atoms with Gasteiger partial charge in [0.25, 0.3) is 0 Å². The summed E-state index contributed by atoms with van der Waals surface area (Å²) in [5.41, 5.74) is -0.637. The Bertz CT molecular complexity index is 2150. The van der Waals surface area contributed by atoms with Crippen LogP contribution < -0.4 is 5.32 Å². The number of aliphatic hydroxyl groups excluding tert-OH is 1. The quantitative estimate of drug-likeness (QED) is 0.128. The summed E-state index contributed by atoms with van der Waals surface area (Å²) < 4.78 is 67.6. The zero-order chi connectivity index (χ0) is 46.5. The van der Waals surface area contributed by atoms with Crippen molar-refractivity contribution in [3.63, 3.8) is 0 Å². The summed E-state index contributed by atoms with van der Waals surface area (Å²) in [4.78, 5) is 77.5. The Kier molecular flexibility index (Phi) is 13.0. The molecule has 6 aliphatic rings. The van der Waals surface area contributed by atoms with E-state index >= 15 is 4.79 Å². The van der Waals surface area contributed by atoms with Gasteiger partial charge in [-0.05, 0) is 75.6 Å². The van der Waals surface area contributed by atoms with Crippen LogP contribution in [0, 0.1) is 17.3 Å². The number of carbonyl (C=O) groups is 5. The van der Waals surface area contributed by atoms with Gasteiger partial charge in [-0.2, -0.15) is 18.2 Å². The third-order valence-electron chi connectivity index (χ3n) is 13.0. The molecule has 2 aromatic carbocycles. The number of benzene rings is 2. The first-order valence-electron chi connectivity index (χ1n) is 22.2. The lowest BCUT2D eigenvalue weighted by atomic mass is 9.62. The highest BCUT2D eigenvalue weighted by molar-refractivity contribution is 5.96. The first-order valence-corrected chi connectivity index (χ1v) is 22.2. The highest BCUT2D eigenvalue weighted by atomic mass is 19.4. The predicted octanol–water partition coefficient (Wildman–Crippen LogP) is 4.57. The molecule has 3 aliphatic heterocycles. The van der Waals surface area contributed by atoms with Crippen molar-refractivity contribution >= 4 is 35.8 Å². The number of aliphatic hydroxyl groups is 1. The maximum atomic E-state index is 15.7. The third kappa shape index (κ3) is 9.97. The van der Waals surface area contributed by atoms with E-state index in [1.807, 2.05) is 30.3 Å². The number of amides is 2. The average molecular weight is 912 g/mol. The number of alkyl halides is 3. The topological polar surface area (TPSA) is 179 Å². The predicted molar refractivity (Wildman–Crippen MR) is 222 cm³/mol. The lowest BCUT2D eigenvalue weighted by molar-refractivity contribution is -0.235. The third-order valence-corrected chi connectivity index (χ3v) is 13.0. The Morgan fingerprint density at radius 3 is 2.31 bits per heavy atom. The lowest BCUT2D eigenvalue weighted by Crippen LogP contribution is -2.70. The summed E-state index contributed by atoms with van der Waals surface area (Å²) >= 11 is 0. The van der Waals surface area contributed by atoms with Gasteiger partial charge in [0, 0.05) is 44.2 Å². The van der Waals surface area contributed by atoms with Crippen LogP contribution in [0.3, 0.4) is 0 Å². The van der Waals surface area contributed by atoms with E-state index in [9.17, 15) is 37.5 Å². The molecule has 3 heterocycles. The molecule has 0 unspecified atom stereocenters. The van der Waals surface area contributed by atoms with Gasteiger partial charge in [-0.25, -0.2) is 4.79 Å². The molecule has 2 amide bonds. The Labute approximate surface area is 374 Å². The molecule has 15 nitrogen and oxygen atoms in total. The molecule has 352 valence electrons. The van der Waals surface area contributed by atoms with E-state index in [1.165, 1.54) is 23.1 Å². The molecule has 3 aliphatic carbocycles. The molecule has 8 atom stereocenters. The molecule has 0 aromatic heterocycles. The largest absolute Gasteiger partial charge is 0.460 e.